The lowest BCUT2D eigenvalue weighted by Gasteiger charge is -2.25. The first-order valence-electron chi connectivity index (χ1n) is 7.60. The van der Waals surface area contributed by atoms with Crippen LogP contribution in [0.25, 0.3) is 0 Å². The summed E-state index contributed by atoms with van der Waals surface area (Å²) in [5, 5.41) is 4.65. The number of hydrogen-bond donors (Lipinski definition) is 2. The molecule has 1 heterocycles. The second-order valence-corrected chi connectivity index (χ2v) is 5.71. The second-order valence-electron chi connectivity index (χ2n) is 5.71. The number of anilines is 1. The van der Waals surface area contributed by atoms with Gasteiger partial charge in [-0.25, -0.2) is 15.2 Å². The highest BCUT2D eigenvalue weighted by Crippen LogP contribution is 2.22. The van der Waals surface area contributed by atoms with Gasteiger partial charge in [-0.2, -0.15) is 0 Å². The summed E-state index contributed by atoms with van der Waals surface area (Å²) in [5.74, 6) is 0. The lowest BCUT2D eigenvalue weighted by molar-refractivity contribution is 0.246. The third kappa shape index (κ3) is 3.73. The molecule has 20 heavy (non-hydrogen) atoms. The number of nitrogens with zero attached hydrogens (tertiary/aromatic N) is 1. The summed E-state index contributed by atoms with van der Waals surface area (Å²) in [6, 6.07) is 9.60. The minimum atomic E-state index is -0.334. The van der Waals surface area contributed by atoms with Crippen molar-refractivity contribution in [2.75, 3.05) is 5.01 Å². The third-order valence-corrected chi connectivity index (χ3v) is 3.74. The zero-order valence-corrected chi connectivity index (χ0v) is 12.5. The van der Waals surface area contributed by atoms with Gasteiger partial charge in [0.05, 0.1) is 5.69 Å². The first-order chi connectivity index (χ1) is 9.64. The number of hydrogen-bond acceptors (Lipinski definition) is 2. The van der Waals surface area contributed by atoms with Gasteiger partial charge in [0.25, 0.3) is 0 Å². The number of carbonyl (C=O) groups excluding carboxylic acids is 1. The molecule has 0 bridgehead atoms. The number of urea groups is 1. The number of amides is 2. The highest BCUT2D eigenvalue weighted by atomic mass is 16.2. The summed E-state index contributed by atoms with van der Waals surface area (Å²) < 4.78 is 0. The Balaban J connectivity index is 1.87. The Morgan fingerprint density at radius 2 is 1.80 bits per heavy atom. The van der Waals surface area contributed by atoms with Gasteiger partial charge in [-0.1, -0.05) is 50.8 Å². The molecule has 4 heteroatoms. The molecule has 1 fully saturated rings. The molecule has 0 radical (unpaired) electrons. The Kier molecular flexibility index (Phi) is 5.01. The average molecular weight is 275 g/mol. The van der Waals surface area contributed by atoms with E-state index in [1.165, 1.54) is 25.7 Å². The van der Waals surface area contributed by atoms with E-state index in [-0.39, 0.29) is 11.7 Å². The summed E-state index contributed by atoms with van der Waals surface area (Å²) in [7, 11) is 0. The summed E-state index contributed by atoms with van der Waals surface area (Å²) in [4.78, 5) is 12.1. The van der Waals surface area contributed by atoms with E-state index < -0.39 is 0 Å². The highest BCUT2D eigenvalue weighted by Gasteiger charge is 2.38. The van der Waals surface area contributed by atoms with E-state index in [9.17, 15) is 4.79 Å². The zero-order chi connectivity index (χ0) is 14.4. The first-order valence-corrected chi connectivity index (χ1v) is 7.60. The largest absolute Gasteiger partial charge is 0.338 e. The van der Waals surface area contributed by atoms with Crippen LogP contribution in [0.3, 0.4) is 0 Å². The van der Waals surface area contributed by atoms with Crippen LogP contribution in [0, 0.1) is 0 Å². The standard InChI is InChI=1S/C16H25N3O/c1-3-4-5-6-10-13-16(2)17-15(20)19(18-16)14-11-8-7-9-12-14/h7-9,11-12,18H,3-6,10,13H2,1-2H3,(H,17,20)/t16-/m0/s1. The van der Waals surface area contributed by atoms with Gasteiger partial charge >= 0.3 is 6.03 Å². The maximum absolute atomic E-state index is 12.1. The van der Waals surface area contributed by atoms with Crippen LogP contribution in [-0.2, 0) is 0 Å². The smallest absolute Gasteiger partial charge is 0.317 e. The predicted molar refractivity (Wildman–Crippen MR) is 82.4 cm³/mol. The van der Waals surface area contributed by atoms with Crippen LogP contribution in [0.15, 0.2) is 30.3 Å². The summed E-state index contributed by atoms with van der Waals surface area (Å²) >= 11 is 0. The molecule has 1 aromatic rings. The molecule has 0 saturated carbocycles. The number of nitrogens with one attached hydrogen (secondary N) is 2. The molecule has 0 spiro atoms. The summed E-state index contributed by atoms with van der Waals surface area (Å²) in [6.07, 6.45) is 7.15. The van der Waals surface area contributed by atoms with Crippen LogP contribution < -0.4 is 15.8 Å². The molecule has 1 atom stereocenters. The molecule has 1 aliphatic rings. The van der Waals surface area contributed by atoms with E-state index in [4.69, 9.17) is 0 Å². The van der Waals surface area contributed by atoms with Crippen molar-refractivity contribution >= 4 is 11.7 Å². The Morgan fingerprint density at radius 1 is 1.10 bits per heavy atom. The predicted octanol–water partition coefficient (Wildman–Crippen LogP) is 3.80. The quantitative estimate of drug-likeness (QED) is 0.743. The van der Waals surface area contributed by atoms with Crippen LogP contribution in [-0.4, -0.2) is 11.7 Å². The van der Waals surface area contributed by atoms with Crippen molar-refractivity contribution in [3.05, 3.63) is 30.3 Å². The molecule has 2 amide bonds. The monoisotopic (exact) mass is 275 g/mol. The van der Waals surface area contributed by atoms with E-state index in [2.05, 4.69) is 17.7 Å². The van der Waals surface area contributed by atoms with Gasteiger partial charge < -0.3 is 5.32 Å². The Bertz CT molecular complexity index is 435. The number of unbranched alkanes of at least 4 members (excludes halogenated alkanes) is 4. The minimum Gasteiger partial charge on any atom is -0.317 e. The molecule has 2 rings (SSSR count). The number of carbonyl (C=O) groups is 1. The van der Waals surface area contributed by atoms with Crippen molar-refractivity contribution in [1.82, 2.24) is 10.7 Å². The van der Waals surface area contributed by atoms with Crippen LogP contribution >= 0.6 is 0 Å². The molecule has 0 unspecified atom stereocenters. The van der Waals surface area contributed by atoms with Gasteiger partial charge in [0.15, 0.2) is 0 Å². The van der Waals surface area contributed by atoms with Gasteiger partial charge in [-0.3, -0.25) is 0 Å². The van der Waals surface area contributed by atoms with Crippen molar-refractivity contribution in [1.29, 1.82) is 0 Å². The van der Waals surface area contributed by atoms with E-state index in [0.29, 0.717) is 0 Å². The van der Waals surface area contributed by atoms with Crippen molar-refractivity contribution < 1.29 is 4.79 Å². The summed E-state index contributed by atoms with van der Waals surface area (Å²) in [5.41, 5.74) is 3.84. The van der Waals surface area contributed by atoms with E-state index in [1.54, 1.807) is 5.01 Å². The maximum Gasteiger partial charge on any atom is 0.338 e. The van der Waals surface area contributed by atoms with E-state index in [0.717, 1.165) is 18.5 Å². The normalized spacial score (nSPS) is 22.1. The lowest BCUT2D eigenvalue weighted by Crippen LogP contribution is -2.48. The second kappa shape index (κ2) is 6.75. The van der Waals surface area contributed by atoms with E-state index in [1.807, 2.05) is 37.3 Å². The Morgan fingerprint density at radius 3 is 2.50 bits per heavy atom. The molecule has 2 N–H and O–H groups in total. The van der Waals surface area contributed by atoms with E-state index >= 15 is 0 Å². The van der Waals surface area contributed by atoms with Crippen molar-refractivity contribution in [3.8, 4) is 0 Å². The summed E-state index contributed by atoms with van der Waals surface area (Å²) in [6.45, 7) is 4.27. The molecule has 1 aromatic carbocycles. The van der Waals surface area contributed by atoms with Crippen LogP contribution in [0.1, 0.15) is 52.4 Å². The van der Waals surface area contributed by atoms with Gasteiger partial charge in [0.1, 0.15) is 5.66 Å². The fraction of sp³-hybridized carbons (Fsp3) is 0.562. The number of rotatable bonds is 7. The van der Waals surface area contributed by atoms with Crippen LogP contribution in [0.2, 0.25) is 0 Å². The van der Waals surface area contributed by atoms with Gasteiger partial charge in [-0.05, 0) is 31.9 Å². The SMILES string of the molecule is CCCCCCC[C@@]1(C)NC(=O)N(c2ccccc2)N1. The molecule has 1 saturated heterocycles. The third-order valence-electron chi connectivity index (χ3n) is 3.74. The van der Waals surface area contributed by atoms with Crippen molar-refractivity contribution in [2.45, 2.75) is 58.0 Å². The Labute approximate surface area is 121 Å². The molecule has 0 aliphatic carbocycles. The fourth-order valence-electron chi connectivity index (χ4n) is 2.58. The lowest BCUT2D eigenvalue weighted by atomic mass is 10.0. The zero-order valence-electron chi connectivity index (χ0n) is 12.5. The molecule has 1 aliphatic heterocycles. The topological polar surface area (TPSA) is 44.4 Å². The Hall–Kier alpha value is -1.55. The molecule has 4 nitrogen and oxygen atoms in total. The van der Waals surface area contributed by atoms with Crippen molar-refractivity contribution in [2.24, 2.45) is 0 Å². The maximum atomic E-state index is 12.1. The molecule has 0 aromatic heterocycles. The molecular formula is C16H25N3O. The highest BCUT2D eigenvalue weighted by molar-refractivity contribution is 5.93. The fourth-order valence-corrected chi connectivity index (χ4v) is 2.58. The minimum absolute atomic E-state index is 0.0766. The van der Waals surface area contributed by atoms with Gasteiger partial charge in [0.2, 0.25) is 0 Å². The van der Waals surface area contributed by atoms with Crippen molar-refractivity contribution in [3.63, 3.8) is 0 Å². The average Bonchev–Trinajstić information content (AvgIpc) is 2.75. The number of hydrazine groups is 1. The first kappa shape index (κ1) is 14.9. The molecule has 110 valence electrons. The van der Waals surface area contributed by atoms with Gasteiger partial charge in [0, 0.05) is 0 Å². The van der Waals surface area contributed by atoms with Crippen LogP contribution in [0.4, 0.5) is 10.5 Å². The van der Waals surface area contributed by atoms with Gasteiger partial charge in [-0.15, -0.1) is 0 Å². The molecular weight excluding hydrogens is 250 g/mol. The number of benzene rings is 1. The number of para-hydroxylation sites is 1. The van der Waals surface area contributed by atoms with Crippen LogP contribution in [0.5, 0.6) is 0 Å².